The normalized spacial score (nSPS) is 20.3. The minimum Gasteiger partial charge on any atom is -0.398 e. The minimum absolute atomic E-state index is 0.0177. The molecule has 1 heterocycles. The first kappa shape index (κ1) is 13.9. The highest BCUT2D eigenvalue weighted by molar-refractivity contribution is 5.99. The lowest BCUT2D eigenvalue weighted by atomic mass is 10.0. The standard InChI is InChI=1S/C15H23N3O/c1-11(19)14-7-6-12(9-15(14)16)18(3)13-5-4-8-17(2)10-13/h6-7,9,13H,4-5,8,10,16H2,1-3H3. The molecule has 1 aromatic rings. The first-order valence-corrected chi connectivity index (χ1v) is 6.81. The Hall–Kier alpha value is -1.55. The Morgan fingerprint density at radius 1 is 1.47 bits per heavy atom. The summed E-state index contributed by atoms with van der Waals surface area (Å²) in [4.78, 5) is 16.0. The third kappa shape index (κ3) is 3.07. The maximum absolute atomic E-state index is 11.4. The van der Waals surface area contributed by atoms with Crippen molar-refractivity contribution < 1.29 is 4.79 Å². The van der Waals surface area contributed by atoms with E-state index in [-0.39, 0.29) is 5.78 Å². The summed E-state index contributed by atoms with van der Waals surface area (Å²) in [6.07, 6.45) is 2.43. The van der Waals surface area contributed by atoms with Crippen molar-refractivity contribution >= 4 is 17.2 Å². The molecule has 0 saturated carbocycles. The van der Waals surface area contributed by atoms with Gasteiger partial charge >= 0.3 is 0 Å². The van der Waals surface area contributed by atoms with Crippen LogP contribution in [0.3, 0.4) is 0 Å². The zero-order valence-electron chi connectivity index (χ0n) is 12.0. The average molecular weight is 261 g/mol. The molecule has 0 spiro atoms. The number of hydrogen-bond acceptors (Lipinski definition) is 4. The highest BCUT2D eigenvalue weighted by Gasteiger charge is 2.21. The van der Waals surface area contributed by atoms with Crippen LogP contribution in [0.1, 0.15) is 30.1 Å². The van der Waals surface area contributed by atoms with Crippen molar-refractivity contribution in [2.45, 2.75) is 25.8 Å². The summed E-state index contributed by atoms with van der Waals surface area (Å²) in [6.45, 7) is 3.80. The quantitative estimate of drug-likeness (QED) is 0.668. The number of ketones is 1. The Balaban J connectivity index is 2.17. The van der Waals surface area contributed by atoms with Gasteiger partial charge in [0.15, 0.2) is 5.78 Å². The van der Waals surface area contributed by atoms with Gasteiger partial charge in [0, 0.05) is 36.6 Å². The number of Topliss-reactive ketones (excluding diaryl/α,β-unsaturated/α-hetero) is 1. The van der Waals surface area contributed by atoms with Gasteiger partial charge in [0.1, 0.15) is 0 Å². The van der Waals surface area contributed by atoms with Gasteiger partial charge in [-0.3, -0.25) is 4.79 Å². The van der Waals surface area contributed by atoms with Crippen LogP contribution in [0.15, 0.2) is 18.2 Å². The molecule has 4 heteroatoms. The van der Waals surface area contributed by atoms with Crippen LogP contribution >= 0.6 is 0 Å². The number of nitrogen functional groups attached to an aromatic ring is 1. The van der Waals surface area contributed by atoms with Crippen LogP contribution in [0, 0.1) is 0 Å². The second-order valence-electron chi connectivity index (χ2n) is 5.50. The van der Waals surface area contributed by atoms with Crippen LogP contribution < -0.4 is 10.6 Å². The molecule has 0 amide bonds. The maximum Gasteiger partial charge on any atom is 0.161 e. The average Bonchev–Trinajstić information content (AvgIpc) is 2.37. The fraction of sp³-hybridized carbons (Fsp3) is 0.533. The largest absolute Gasteiger partial charge is 0.398 e. The Morgan fingerprint density at radius 2 is 2.21 bits per heavy atom. The Kier molecular flexibility index (Phi) is 4.10. The summed E-state index contributed by atoms with van der Waals surface area (Å²) >= 11 is 0. The number of piperidine rings is 1. The topological polar surface area (TPSA) is 49.6 Å². The van der Waals surface area contributed by atoms with Gasteiger partial charge in [-0.05, 0) is 51.6 Å². The molecular weight excluding hydrogens is 238 g/mol. The highest BCUT2D eigenvalue weighted by Crippen LogP contribution is 2.25. The predicted molar refractivity (Wildman–Crippen MR) is 79.8 cm³/mol. The lowest BCUT2D eigenvalue weighted by molar-refractivity contribution is 0.101. The molecule has 1 unspecified atom stereocenters. The summed E-state index contributed by atoms with van der Waals surface area (Å²) < 4.78 is 0. The number of carbonyl (C=O) groups is 1. The van der Waals surface area contributed by atoms with Gasteiger partial charge in [-0.2, -0.15) is 0 Å². The van der Waals surface area contributed by atoms with Gasteiger partial charge in [0.2, 0.25) is 0 Å². The molecule has 1 atom stereocenters. The monoisotopic (exact) mass is 261 g/mol. The van der Waals surface area contributed by atoms with Crippen LogP contribution in [0.2, 0.25) is 0 Å². The van der Waals surface area contributed by atoms with Crippen LogP contribution in [-0.2, 0) is 0 Å². The third-order valence-corrected chi connectivity index (χ3v) is 3.97. The van der Waals surface area contributed by atoms with Crippen molar-refractivity contribution in [3.8, 4) is 0 Å². The van der Waals surface area contributed by atoms with Crippen molar-refractivity contribution in [3.63, 3.8) is 0 Å². The summed E-state index contributed by atoms with van der Waals surface area (Å²) in [6, 6.07) is 6.24. The van der Waals surface area contributed by atoms with Crippen LogP contribution in [0.5, 0.6) is 0 Å². The predicted octanol–water partition coefficient (Wildman–Crippen LogP) is 2.00. The number of nitrogens with zero attached hydrogens (tertiary/aromatic N) is 2. The number of hydrogen-bond donors (Lipinski definition) is 1. The molecule has 0 aromatic heterocycles. The SMILES string of the molecule is CC(=O)c1ccc(N(C)C2CCCN(C)C2)cc1N. The van der Waals surface area contributed by atoms with Gasteiger partial charge in [-0.1, -0.05) is 0 Å². The van der Waals surface area contributed by atoms with Crippen molar-refractivity contribution in [2.75, 3.05) is 37.8 Å². The van der Waals surface area contributed by atoms with Crippen molar-refractivity contribution in [1.82, 2.24) is 4.90 Å². The molecule has 19 heavy (non-hydrogen) atoms. The molecule has 1 saturated heterocycles. The van der Waals surface area contributed by atoms with Gasteiger partial charge in [0.25, 0.3) is 0 Å². The number of benzene rings is 1. The van der Waals surface area contributed by atoms with Crippen molar-refractivity contribution in [1.29, 1.82) is 0 Å². The number of rotatable bonds is 3. The summed E-state index contributed by atoms with van der Waals surface area (Å²) in [5.41, 5.74) is 8.22. The number of likely N-dealkylation sites (tertiary alicyclic amines) is 1. The lowest BCUT2D eigenvalue weighted by Crippen LogP contribution is -2.45. The van der Waals surface area contributed by atoms with E-state index in [1.807, 2.05) is 18.2 Å². The van der Waals surface area contributed by atoms with E-state index < -0.39 is 0 Å². The zero-order chi connectivity index (χ0) is 14.0. The lowest BCUT2D eigenvalue weighted by Gasteiger charge is -2.37. The second kappa shape index (κ2) is 5.61. The van der Waals surface area contributed by atoms with Crippen molar-refractivity contribution in [3.05, 3.63) is 23.8 Å². The van der Waals surface area contributed by atoms with E-state index in [0.29, 0.717) is 17.3 Å². The van der Waals surface area contributed by atoms with Gasteiger partial charge in [-0.25, -0.2) is 0 Å². The van der Waals surface area contributed by atoms with E-state index in [2.05, 4.69) is 23.9 Å². The summed E-state index contributed by atoms with van der Waals surface area (Å²) in [7, 11) is 4.26. The minimum atomic E-state index is 0.0177. The number of carbonyl (C=O) groups excluding carboxylic acids is 1. The molecule has 0 radical (unpaired) electrons. The van der Waals surface area contributed by atoms with Gasteiger partial charge in [0.05, 0.1) is 0 Å². The van der Waals surface area contributed by atoms with E-state index in [4.69, 9.17) is 5.73 Å². The van der Waals surface area contributed by atoms with Crippen molar-refractivity contribution in [2.24, 2.45) is 0 Å². The van der Waals surface area contributed by atoms with E-state index in [9.17, 15) is 4.79 Å². The molecule has 1 fully saturated rings. The fourth-order valence-corrected chi connectivity index (χ4v) is 2.76. The summed E-state index contributed by atoms with van der Waals surface area (Å²) in [5, 5.41) is 0. The number of nitrogens with two attached hydrogens (primary N) is 1. The smallest absolute Gasteiger partial charge is 0.161 e. The maximum atomic E-state index is 11.4. The first-order valence-electron chi connectivity index (χ1n) is 6.81. The zero-order valence-corrected chi connectivity index (χ0v) is 12.0. The van der Waals surface area contributed by atoms with E-state index >= 15 is 0 Å². The fourth-order valence-electron chi connectivity index (χ4n) is 2.76. The van der Waals surface area contributed by atoms with Crippen LogP contribution in [-0.4, -0.2) is 43.9 Å². The molecule has 0 bridgehead atoms. The first-order chi connectivity index (χ1) is 8.99. The molecular formula is C15H23N3O. The third-order valence-electron chi connectivity index (χ3n) is 3.97. The molecule has 104 valence electrons. The molecule has 1 aliphatic rings. The molecule has 1 aliphatic heterocycles. The second-order valence-corrected chi connectivity index (χ2v) is 5.50. The molecule has 2 N–H and O–H groups in total. The van der Waals surface area contributed by atoms with Gasteiger partial charge < -0.3 is 15.5 Å². The summed E-state index contributed by atoms with van der Waals surface area (Å²) in [5.74, 6) is 0.0177. The molecule has 2 rings (SSSR count). The number of likely N-dealkylation sites (N-methyl/N-ethyl adjacent to an activating group) is 2. The van der Waals surface area contributed by atoms with E-state index in [1.165, 1.54) is 19.4 Å². The highest BCUT2D eigenvalue weighted by atomic mass is 16.1. The van der Waals surface area contributed by atoms with Gasteiger partial charge in [-0.15, -0.1) is 0 Å². The van der Waals surface area contributed by atoms with E-state index in [0.717, 1.165) is 12.2 Å². The Labute approximate surface area is 115 Å². The Morgan fingerprint density at radius 3 is 2.79 bits per heavy atom. The molecule has 0 aliphatic carbocycles. The van der Waals surface area contributed by atoms with Crippen LogP contribution in [0.25, 0.3) is 0 Å². The number of anilines is 2. The van der Waals surface area contributed by atoms with Crippen LogP contribution in [0.4, 0.5) is 11.4 Å². The Bertz CT molecular complexity index is 472. The molecule has 4 nitrogen and oxygen atoms in total. The van der Waals surface area contributed by atoms with E-state index in [1.54, 1.807) is 6.92 Å². The molecule has 1 aromatic carbocycles.